The molecule has 0 radical (unpaired) electrons. The highest BCUT2D eigenvalue weighted by atomic mass is 32.1. The fourth-order valence-electron chi connectivity index (χ4n) is 2.24. The van der Waals surface area contributed by atoms with E-state index in [2.05, 4.69) is 58.1 Å². The van der Waals surface area contributed by atoms with E-state index in [4.69, 9.17) is 0 Å². The molecule has 120 valence electrons. The standard InChI is InChI=1S/C16H30N4S/c1-5-20(6-2)10-7-8-14(3)19-16(17-4)18-12-15-9-11-21-13-15/h9,11,13-14H,5-8,10,12H2,1-4H3,(H2,17,18,19). The van der Waals surface area contributed by atoms with Gasteiger partial charge in [-0.15, -0.1) is 0 Å². The van der Waals surface area contributed by atoms with E-state index in [9.17, 15) is 0 Å². The summed E-state index contributed by atoms with van der Waals surface area (Å²) in [5, 5.41) is 11.1. The van der Waals surface area contributed by atoms with E-state index in [1.54, 1.807) is 11.3 Å². The average molecular weight is 311 g/mol. The van der Waals surface area contributed by atoms with E-state index in [1.807, 2.05) is 7.05 Å². The maximum absolute atomic E-state index is 4.29. The van der Waals surface area contributed by atoms with Crippen LogP contribution < -0.4 is 10.6 Å². The zero-order valence-electron chi connectivity index (χ0n) is 13.9. The number of hydrogen-bond acceptors (Lipinski definition) is 3. The number of rotatable bonds is 9. The lowest BCUT2D eigenvalue weighted by molar-refractivity contribution is 0.292. The Hall–Kier alpha value is -1.07. The third kappa shape index (κ3) is 7.48. The molecular formula is C16H30N4S. The van der Waals surface area contributed by atoms with Crippen LogP contribution in [0, 0.1) is 0 Å². The molecule has 0 fully saturated rings. The summed E-state index contributed by atoms with van der Waals surface area (Å²) >= 11 is 1.73. The lowest BCUT2D eigenvalue weighted by atomic mass is 10.2. The van der Waals surface area contributed by atoms with Crippen LogP contribution in [-0.4, -0.2) is 43.6 Å². The highest BCUT2D eigenvalue weighted by molar-refractivity contribution is 7.07. The smallest absolute Gasteiger partial charge is 0.191 e. The van der Waals surface area contributed by atoms with Gasteiger partial charge in [0.1, 0.15) is 0 Å². The molecule has 0 aliphatic carbocycles. The van der Waals surface area contributed by atoms with Gasteiger partial charge in [0.2, 0.25) is 0 Å². The highest BCUT2D eigenvalue weighted by Gasteiger charge is 2.06. The number of guanidine groups is 1. The maximum atomic E-state index is 4.29. The van der Waals surface area contributed by atoms with Gasteiger partial charge in [-0.2, -0.15) is 11.3 Å². The molecule has 1 atom stereocenters. The van der Waals surface area contributed by atoms with Crippen LogP contribution in [0.1, 0.15) is 39.2 Å². The Bertz CT molecular complexity index is 385. The van der Waals surface area contributed by atoms with Crippen molar-refractivity contribution in [2.24, 2.45) is 4.99 Å². The summed E-state index contributed by atoms with van der Waals surface area (Å²) < 4.78 is 0. The molecule has 1 unspecified atom stereocenters. The first-order valence-corrected chi connectivity index (χ1v) is 8.84. The first-order chi connectivity index (χ1) is 10.2. The highest BCUT2D eigenvalue weighted by Crippen LogP contribution is 2.05. The number of nitrogens with zero attached hydrogens (tertiary/aromatic N) is 2. The van der Waals surface area contributed by atoms with E-state index in [-0.39, 0.29) is 0 Å². The van der Waals surface area contributed by atoms with E-state index in [0.29, 0.717) is 6.04 Å². The molecule has 5 heteroatoms. The zero-order valence-corrected chi connectivity index (χ0v) is 14.7. The molecule has 0 spiro atoms. The largest absolute Gasteiger partial charge is 0.354 e. The molecule has 0 aliphatic heterocycles. The van der Waals surface area contributed by atoms with Gasteiger partial charge in [-0.3, -0.25) is 4.99 Å². The van der Waals surface area contributed by atoms with Crippen LogP contribution in [-0.2, 0) is 6.54 Å². The van der Waals surface area contributed by atoms with Crippen LogP contribution in [0.2, 0.25) is 0 Å². The van der Waals surface area contributed by atoms with Crippen molar-refractivity contribution in [3.8, 4) is 0 Å². The molecule has 0 bridgehead atoms. The second kappa shape index (κ2) is 10.6. The van der Waals surface area contributed by atoms with Crippen molar-refractivity contribution in [3.63, 3.8) is 0 Å². The summed E-state index contributed by atoms with van der Waals surface area (Å²) in [6, 6.07) is 2.58. The van der Waals surface area contributed by atoms with E-state index in [1.165, 1.54) is 18.5 Å². The summed E-state index contributed by atoms with van der Waals surface area (Å²) in [5.41, 5.74) is 1.30. The van der Waals surface area contributed by atoms with Gasteiger partial charge in [-0.25, -0.2) is 0 Å². The summed E-state index contributed by atoms with van der Waals surface area (Å²) in [5.74, 6) is 0.886. The SMILES string of the molecule is CCN(CC)CCCC(C)NC(=NC)NCc1ccsc1. The van der Waals surface area contributed by atoms with E-state index in [0.717, 1.165) is 32.0 Å². The van der Waals surface area contributed by atoms with E-state index >= 15 is 0 Å². The molecule has 0 amide bonds. The van der Waals surface area contributed by atoms with Crippen molar-refractivity contribution < 1.29 is 0 Å². The Morgan fingerprint density at radius 3 is 2.71 bits per heavy atom. The fourth-order valence-corrected chi connectivity index (χ4v) is 2.91. The van der Waals surface area contributed by atoms with Crippen LogP contribution in [0.5, 0.6) is 0 Å². The molecule has 0 saturated heterocycles. The van der Waals surface area contributed by atoms with Gasteiger partial charge in [-0.1, -0.05) is 13.8 Å². The Morgan fingerprint density at radius 2 is 2.14 bits per heavy atom. The molecule has 0 aliphatic rings. The Kier molecular flexibility index (Phi) is 9.10. The third-order valence-electron chi connectivity index (χ3n) is 3.65. The normalized spacial score (nSPS) is 13.5. The lowest BCUT2D eigenvalue weighted by Gasteiger charge is -2.21. The maximum Gasteiger partial charge on any atom is 0.191 e. The molecule has 1 aromatic heterocycles. The predicted octanol–water partition coefficient (Wildman–Crippen LogP) is 2.92. The number of aliphatic imine (C=N–C) groups is 1. The minimum atomic E-state index is 0.439. The van der Waals surface area contributed by atoms with Gasteiger partial charge in [0.15, 0.2) is 5.96 Å². The van der Waals surface area contributed by atoms with Crippen LogP contribution in [0.25, 0.3) is 0 Å². The minimum absolute atomic E-state index is 0.439. The van der Waals surface area contributed by atoms with Crippen molar-refractivity contribution in [2.75, 3.05) is 26.7 Å². The van der Waals surface area contributed by atoms with Crippen molar-refractivity contribution in [1.82, 2.24) is 15.5 Å². The van der Waals surface area contributed by atoms with Crippen molar-refractivity contribution in [2.45, 2.75) is 46.2 Å². The second-order valence-electron chi connectivity index (χ2n) is 5.27. The summed E-state index contributed by atoms with van der Waals surface area (Å²) in [6.07, 6.45) is 2.38. The van der Waals surface area contributed by atoms with Gasteiger partial charge < -0.3 is 15.5 Å². The topological polar surface area (TPSA) is 39.7 Å². The van der Waals surface area contributed by atoms with Crippen LogP contribution >= 0.6 is 11.3 Å². The average Bonchev–Trinajstić information content (AvgIpc) is 3.01. The van der Waals surface area contributed by atoms with Crippen LogP contribution in [0.4, 0.5) is 0 Å². The zero-order chi connectivity index (χ0) is 15.5. The minimum Gasteiger partial charge on any atom is -0.354 e. The molecule has 0 saturated carbocycles. The summed E-state index contributed by atoms with van der Waals surface area (Å²) in [4.78, 5) is 6.76. The number of thiophene rings is 1. The molecular weight excluding hydrogens is 280 g/mol. The molecule has 1 rings (SSSR count). The molecule has 21 heavy (non-hydrogen) atoms. The predicted molar refractivity (Wildman–Crippen MR) is 94.1 cm³/mol. The quantitative estimate of drug-likeness (QED) is 0.544. The number of hydrogen-bond donors (Lipinski definition) is 2. The first-order valence-electron chi connectivity index (χ1n) is 7.90. The Balaban J connectivity index is 2.22. The lowest BCUT2D eigenvalue weighted by Crippen LogP contribution is -2.42. The Labute approximate surface area is 133 Å². The summed E-state index contributed by atoms with van der Waals surface area (Å²) in [7, 11) is 1.82. The molecule has 1 aromatic rings. The molecule has 4 nitrogen and oxygen atoms in total. The number of nitrogens with one attached hydrogen (secondary N) is 2. The second-order valence-corrected chi connectivity index (χ2v) is 6.05. The van der Waals surface area contributed by atoms with Crippen LogP contribution in [0.15, 0.2) is 21.8 Å². The summed E-state index contributed by atoms with van der Waals surface area (Å²) in [6.45, 7) is 11.0. The molecule has 2 N–H and O–H groups in total. The Morgan fingerprint density at radius 1 is 1.38 bits per heavy atom. The monoisotopic (exact) mass is 310 g/mol. The van der Waals surface area contributed by atoms with E-state index < -0.39 is 0 Å². The van der Waals surface area contributed by atoms with Crippen LogP contribution in [0.3, 0.4) is 0 Å². The van der Waals surface area contributed by atoms with Gasteiger partial charge in [0, 0.05) is 19.6 Å². The fraction of sp³-hybridized carbons (Fsp3) is 0.688. The third-order valence-corrected chi connectivity index (χ3v) is 4.38. The first kappa shape index (κ1) is 18.0. The van der Waals surface area contributed by atoms with Crippen molar-refractivity contribution in [1.29, 1.82) is 0 Å². The van der Waals surface area contributed by atoms with Gasteiger partial charge in [0.25, 0.3) is 0 Å². The van der Waals surface area contributed by atoms with Gasteiger partial charge >= 0.3 is 0 Å². The van der Waals surface area contributed by atoms with Gasteiger partial charge in [-0.05, 0) is 61.8 Å². The molecule has 0 aromatic carbocycles. The molecule has 1 heterocycles. The van der Waals surface area contributed by atoms with Crippen molar-refractivity contribution >= 4 is 17.3 Å². The van der Waals surface area contributed by atoms with Gasteiger partial charge in [0.05, 0.1) is 0 Å². The van der Waals surface area contributed by atoms with Crippen molar-refractivity contribution in [3.05, 3.63) is 22.4 Å².